The van der Waals surface area contributed by atoms with E-state index >= 15 is 0 Å². The summed E-state index contributed by atoms with van der Waals surface area (Å²) >= 11 is 0. The van der Waals surface area contributed by atoms with E-state index in [4.69, 9.17) is 0 Å². The summed E-state index contributed by atoms with van der Waals surface area (Å²) in [7, 11) is 3.84. The van der Waals surface area contributed by atoms with E-state index in [0.717, 1.165) is 5.82 Å². The fraction of sp³-hybridized carbons (Fsp3) is 0.333. The Hall–Kier alpha value is -1.12. The summed E-state index contributed by atoms with van der Waals surface area (Å²) < 4.78 is 0. The van der Waals surface area contributed by atoms with Gasteiger partial charge >= 0.3 is 0 Å². The quantitative estimate of drug-likeness (QED) is 0.538. The van der Waals surface area contributed by atoms with Gasteiger partial charge in [0.25, 0.3) is 0 Å². The molecule has 0 saturated carbocycles. The Morgan fingerprint density at radius 2 is 2.33 bits per heavy atom. The molecule has 1 radical (unpaired) electrons. The molecule has 0 atom stereocenters. The van der Waals surface area contributed by atoms with Crippen LogP contribution >= 0.6 is 0 Å². The SMILES string of the molecule is CN(C)c1cn[c]cn1. The van der Waals surface area contributed by atoms with E-state index in [2.05, 4.69) is 16.2 Å². The molecule has 9 heavy (non-hydrogen) atoms. The molecule has 0 aromatic carbocycles. The van der Waals surface area contributed by atoms with Gasteiger partial charge in [0.05, 0.1) is 12.4 Å². The van der Waals surface area contributed by atoms with Crippen LogP contribution in [-0.4, -0.2) is 24.1 Å². The highest BCUT2D eigenvalue weighted by molar-refractivity contribution is 5.31. The third kappa shape index (κ3) is 1.38. The molecule has 1 rings (SSSR count). The van der Waals surface area contributed by atoms with Crippen molar-refractivity contribution in [2.75, 3.05) is 19.0 Å². The third-order valence-electron chi connectivity index (χ3n) is 0.967. The predicted molar refractivity (Wildman–Crippen MR) is 35.2 cm³/mol. The lowest BCUT2D eigenvalue weighted by molar-refractivity contribution is 1.04. The van der Waals surface area contributed by atoms with E-state index in [1.54, 1.807) is 12.4 Å². The average Bonchev–Trinajstić information content (AvgIpc) is 1.90. The van der Waals surface area contributed by atoms with Crippen molar-refractivity contribution in [1.29, 1.82) is 0 Å². The second-order valence-electron chi connectivity index (χ2n) is 1.90. The summed E-state index contributed by atoms with van der Waals surface area (Å²) in [5, 5.41) is 0. The van der Waals surface area contributed by atoms with Crippen LogP contribution in [0.3, 0.4) is 0 Å². The normalized spacial score (nSPS) is 9.11. The van der Waals surface area contributed by atoms with Gasteiger partial charge in [-0.05, 0) is 0 Å². The molecule has 0 N–H and O–H groups in total. The van der Waals surface area contributed by atoms with E-state index in [9.17, 15) is 0 Å². The molecule has 0 amide bonds. The number of hydrogen-bond acceptors (Lipinski definition) is 3. The maximum absolute atomic E-state index is 3.99. The fourth-order valence-electron chi connectivity index (χ4n) is 0.488. The molecule has 1 aromatic rings. The fourth-order valence-corrected chi connectivity index (χ4v) is 0.488. The summed E-state index contributed by atoms with van der Waals surface area (Å²) in [6, 6.07) is 0. The van der Waals surface area contributed by atoms with Crippen molar-refractivity contribution < 1.29 is 0 Å². The summed E-state index contributed by atoms with van der Waals surface area (Å²) in [5.41, 5.74) is 0. The average molecular weight is 122 g/mol. The minimum Gasteiger partial charge on any atom is -0.361 e. The standard InChI is InChI=1S/C6H8N3/c1-9(2)6-5-7-3-4-8-6/h4-5H,1-2H3. The van der Waals surface area contributed by atoms with Crippen molar-refractivity contribution in [3.63, 3.8) is 0 Å². The summed E-state index contributed by atoms with van der Waals surface area (Å²) in [5.74, 6) is 0.855. The molecule has 0 spiro atoms. The van der Waals surface area contributed by atoms with E-state index < -0.39 is 0 Å². The molecule has 3 nitrogen and oxygen atoms in total. The van der Waals surface area contributed by atoms with Crippen LogP contribution in [0.1, 0.15) is 0 Å². The van der Waals surface area contributed by atoms with Gasteiger partial charge in [-0.3, -0.25) is 0 Å². The molecule has 0 saturated heterocycles. The van der Waals surface area contributed by atoms with Gasteiger partial charge in [0.15, 0.2) is 0 Å². The number of rotatable bonds is 1. The van der Waals surface area contributed by atoms with Crippen LogP contribution in [0.5, 0.6) is 0 Å². The molecule has 1 aromatic heterocycles. The van der Waals surface area contributed by atoms with Crippen molar-refractivity contribution in [3.05, 3.63) is 18.6 Å². The molecule has 47 valence electrons. The van der Waals surface area contributed by atoms with Gasteiger partial charge in [0.2, 0.25) is 0 Å². The van der Waals surface area contributed by atoms with Crippen molar-refractivity contribution in [3.8, 4) is 0 Å². The van der Waals surface area contributed by atoms with Crippen LogP contribution in [0.15, 0.2) is 12.4 Å². The lowest BCUT2D eigenvalue weighted by Crippen LogP contribution is -2.10. The Morgan fingerprint density at radius 3 is 2.67 bits per heavy atom. The second-order valence-corrected chi connectivity index (χ2v) is 1.90. The van der Waals surface area contributed by atoms with Crippen molar-refractivity contribution in [1.82, 2.24) is 9.97 Å². The number of anilines is 1. The first-order valence-corrected chi connectivity index (χ1v) is 2.66. The number of aromatic nitrogens is 2. The first-order chi connectivity index (χ1) is 4.30. The lowest BCUT2D eigenvalue weighted by atomic mass is 10.6. The van der Waals surface area contributed by atoms with E-state index in [1.807, 2.05) is 19.0 Å². The van der Waals surface area contributed by atoms with Crippen LogP contribution in [0.2, 0.25) is 0 Å². The third-order valence-corrected chi connectivity index (χ3v) is 0.967. The smallest absolute Gasteiger partial charge is 0.146 e. The van der Waals surface area contributed by atoms with Crippen LogP contribution in [-0.2, 0) is 0 Å². The molecule has 3 heteroatoms. The van der Waals surface area contributed by atoms with Crippen LogP contribution in [0, 0.1) is 6.20 Å². The van der Waals surface area contributed by atoms with E-state index in [-0.39, 0.29) is 0 Å². The maximum Gasteiger partial charge on any atom is 0.146 e. The predicted octanol–water partition coefficient (Wildman–Crippen LogP) is 0.343. The zero-order chi connectivity index (χ0) is 6.69. The number of hydrogen-bond donors (Lipinski definition) is 0. The van der Waals surface area contributed by atoms with E-state index in [1.165, 1.54) is 0 Å². The first kappa shape index (κ1) is 6.01. The Morgan fingerprint density at radius 1 is 1.56 bits per heavy atom. The first-order valence-electron chi connectivity index (χ1n) is 2.66. The molecular formula is C6H8N3. The monoisotopic (exact) mass is 122 g/mol. The minimum atomic E-state index is 0.855. The number of nitrogens with zero attached hydrogens (tertiary/aromatic N) is 3. The minimum absolute atomic E-state index is 0.855. The van der Waals surface area contributed by atoms with Gasteiger partial charge in [-0.2, -0.15) is 0 Å². The molecule has 0 bridgehead atoms. The van der Waals surface area contributed by atoms with Gasteiger partial charge in [-0.1, -0.05) is 0 Å². The topological polar surface area (TPSA) is 29.0 Å². The van der Waals surface area contributed by atoms with Gasteiger partial charge < -0.3 is 4.90 Å². The summed E-state index contributed by atoms with van der Waals surface area (Å²) in [6.07, 6.45) is 5.82. The molecular weight excluding hydrogens is 114 g/mol. The highest BCUT2D eigenvalue weighted by atomic mass is 15.1. The van der Waals surface area contributed by atoms with Gasteiger partial charge in [0, 0.05) is 14.1 Å². The van der Waals surface area contributed by atoms with Gasteiger partial charge in [0.1, 0.15) is 12.0 Å². The zero-order valence-electron chi connectivity index (χ0n) is 5.50. The highest BCUT2D eigenvalue weighted by Crippen LogP contribution is 1.99. The largest absolute Gasteiger partial charge is 0.361 e. The van der Waals surface area contributed by atoms with Crippen molar-refractivity contribution in [2.24, 2.45) is 0 Å². The Balaban J connectivity index is 2.85. The maximum atomic E-state index is 3.99. The van der Waals surface area contributed by atoms with Gasteiger partial charge in [-0.15, -0.1) is 0 Å². The van der Waals surface area contributed by atoms with Crippen molar-refractivity contribution >= 4 is 5.82 Å². The van der Waals surface area contributed by atoms with Crippen LogP contribution in [0.4, 0.5) is 5.82 Å². The highest BCUT2D eigenvalue weighted by Gasteiger charge is 1.91. The summed E-state index contributed by atoms with van der Waals surface area (Å²) in [4.78, 5) is 9.65. The lowest BCUT2D eigenvalue weighted by Gasteiger charge is -2.07. The van der Waals surface area contributed by atoms with Crippen LogP contribution < -0.4 is 4.90 Å². The zero-order valence-corrected chi connectivity index (χ0v) is 5.50. The Labute approximate surface area is 54.4 Å². The molecule has 0 aliphatic carbocycles. The summed E-state index contributed by atoms with van der Waals surface area (Å²) in [6.45, 7) is 0. The Kier molecular flexibility index (Phi) is 1.63. The van der Waals surface area contributed by atoms with Crippen molar-refractivity contribution in [2.45, 2.75) is 0 Å². The molecule has 0 aliphatic rings. The Bertz CT molecular complexity index is 171. The second kappa shape index (κ2) is 2.44. The van der Waals surface area contributed by atoms with Gasteiger partial charge in [-0.25, -0.2) is 9.97 Å². The molecule has 0 aliphatic heterocycles. The molecule has 0 fully saturated rings. The van der Waals surface area contributed by atoms with Crippen LogP contribution in [0.25, 0.3) is 0 Å². The molecule has 1 heterocycles. The molecule has 0 unspecified atom stereocenters. The van der Waals surface area contributed by atoms with E-state index in [0.29, 0.717) is 0 Å².